The number of aromatic nitrogens is 3. The molecule has 1 aliphatic heterocycles. The molecule has 0 bridgehead atoms. The quantitative estimate of drug-likeness (QED) is 0.705. The van der Waals surface area contributed by atoms with Crippen LogP contribution in [0.1, 0.15) is 25.6 Å². The van der Waals surface area contributed by atoms with Crippen LogP contribution >= 0.6 is 0 Å². The maximum atomic E-state index is 13.5. The van der Waals surface area contributed by atoms with Crippen molar-refractivity contribution in [1.82, 2.24) is 24.8 Å². The molecule has 156 valence electrons. The van der Waals surface area contributed by atoms with E-state index in [9.17, 15) is 9.18 Å². The number of piperazine rings is 1. The number of carbonyl (C=O) groups is 1. The van der Waals surface area contributed by atoms with Gasteiger partial charge in [-0.05, 0) is 36.4 Å². The fourth-order valence-electron chi connectivity index (χ4n) is 3.83. The van der Waals surface area contributed by atoms with Gasteiger partial charge in [0.1, 0.15) is 18.2 Å². The normalized spacial score (nSPS) is 14.3. The number of imidazole rings is 1. The summed E-state index contributed by atoms with van der Waals surface area (Å²) in [6, 6.07) is 10.2. The van der Waals surface area contributed by atoms with Gasteiger partial charge in [-0.25, -0.2) is 9.37 Å². The summed E-state index contributed by atoms with van der Waals surface area (Å²) in [5, 5.41) is 3.28. The third-order valence-corrected chi connectivity index (χ3v) is 5.35. The van der Waals surface area contributed by atoms with Crippen molar-refractivity contribution < 1.29 is 9.18 Å². The molecule has 4 rings (SSSR count). The van der Waals surface area contributed by atoms with Crippen molar-refractivity contribution in [1.29, 1.82) is 0 Å². The summed E-state index contributed by atoms with van der Waals surface area (Å²) < 4.78 is 15.5. The van der Waals surface area contributed by atoms with Crippen LogP contribution in [0.5, 0.6) is 0 Å². The number of nitrogens with one attached hydrogen (secondary N) is 1. The zero-order chi connectivity index (χ0) is 21.1. The van der Waals surface area contributed by atoms with Crippen molar-refractivity contribution in [3.63, 3.8) is 0 Å². The highest BCUT2D eigenvalue weighted by Crippen LogP contribution is 2.35. The number of nitrogens with zero attached hydrogens (tertiary/aromatic N) is 4. The molecule has 1 fully saturated rings. The maximum Gasteiger partial charge on any atom is 0.242 e. The van der Waals surface area contributed by atoms with Crippen LogP contribution in [0.2, 0.25) is 0 Å². The molecule has 2 aromatic heterocycles. The van der Waals surface area contributed by atoms with Crippen molar-refractivity contribution in [3.05, 3.63) is 60.4 Å². The molecule has 0 aliphatic carbocycles. The smallest absolute Gasteiger partial charge is 0.242 e. The van der Waals surface area contributed by atoms with E-state index in [-0.39, 0.29) is 24.2 Å². The fourth-order valence-corrected chi connectivity index (χ4v) is 3.83. The predicted molar refractivity (Wildman–Crippen MR) is 114 cm³/mol. The Hall–Kier alpha value is -3.06. The molecule has 6 nitrogen and oxygen atoms in total. The molecule has 0 unspecified atom stereocenters. The Morgan fingerprint density at radius 1 is 1.07 bits per heavy atom. The molecule has 0 spiro atoms. The number of hydrogen-bond donors (Lipinski definition) is 1. The predicted octanol–water partition coefficient (Wildman–Crippen LogP) is 3.31. The molecule has 30 heavy (non-hydrogen) atoms. The van der Waals surface area contributed by atoms with E-state index in [1.165, 1.54) is 12.1 Å². The number of carbonyl (C=O) groups excluding carboxylic acids is 1. The third-order valence-electron chi connectivity index (χ3n) is 5.35. The van der Waals surface area contributed by atoms with Crippen molar-refractivity contribution in [3.8, 4) is 22.5 Å². The Labute approximate surface area is 175 Å². The SMILES string of the molecule is CC(C)c1nc(-c2ccc(F)cc2)c(-c2ccncc2)n1CC(=O)N1CCNCC1. The topological polar surface area (TPSA) is 63.1 Å². The van der Waals surface area contributed by atoms with Crippen molar-refractivity contribution >= 4 is 5.91 Å². The van der Waals surface area contributed by atoms with Crippen LogP contribution in [0.15, 0.2) is 48.8 Å². The van der Waals surface area contributed by atoms with Crippen LogP contribution in [0, 0.1) is 5.82 Å². The first-order valence-corrected chi connectivity index (χ1v) is 10.3. The Bertz CT molecular complexity index is 1010. The lowest BCUT2D eigenvalue weighted by Crippen LogP contribution is -2.47. The molecule has 3 heterocycles. The van der Waals surface area contributed by atoms with Gasteiger partial charge in [-0.15, -0.1) is 0 Å². The largest absolute Gasteiger partial charge is 0.339 e. The zero-order valence-corrected chi connectivity index (χ0v) is 17.3. The summed E-state index contributed by atoms with van der Waals surface area (Å²) in [6.45, 7) is 7.40. The minimum Gasteiger partial charge on any atom is -0.339 e. The summed E-state index contributed by atoms with van der Waals surface area (Å²) >= 11 is 0. The maximum absolute atomic E-state index is 13.5. The first-order chi connectivity index (χ1) is 14.5. The fraction of sp³-hybridized carbons (Fsp3) is 0.348. The van der Waals surface area contributed by atoms with Gasteiger partial charge in [0.2, 0.25) is 5.91 Å². The summed E-state index contributed by atoms with van der Waals surface area (Å²) in [4.78, 5) is 24.1. The molecule has 0 radical (unpaired) electrons. The van der Waals surface area contributed by atoms with E-state index in [1.807, 2.05) is 21.6 Å². The Morgan fingerprint density at radius 3 is 2.37 bits per heavy atom. The monoisotopic (exact) mass is 407 g/mol. The molecule has 1 saturated heterocycles. The molecule has 1 aromatic carbocycles. The molecule has 3 aromatic rings. The lowest BCUT2D eigenvalue weighted by molar-refractivity contribution is -0.132. The van der Waals surface area contributed by atoms with Crippen molar-refractivity contribution in [2.24, 2.45) is 0 Å². The van der Waals surface area contributed by atoms with Crippen LogP contribution in [0.25, 0.3) is 22.5 Å². The summed E-state index contributed by atoms with van der Waals surface area (Å²) in [5.41, 5.74) is 3.35. The molecule has 0 atom stereocenters. The van der Waals surface area contributed by atoms with Gasteiger partial charge in [-0.1, -0.05) is 13.8 Å². The summed E-state index contributed by atoms with van der Waals surface area (Å²) in [7, 11) is 0. The van der Waals surface area contributed by atoms with E-state index in [1.54, 1.807) is 24.5 Å². The first kappa shape index (κ1) is 20.2. The van der Waals surface area contributed by atoms with Crippen molar-refractivity contribution in [2.75, 3.05) is 26.2 Å². The van der Waals surface area contributed by atoms with Gasteiger partial charge < -0.3 is 14.8 Å². The van der Waals surface area contributed by atoms with Gasteiger partial charge in [0.15, 0.2) is 0 Å². The lowest BCUT2D eigenvalue weighted by Gasteiger charge is -2.28. The van der Waals surface area contributed by atoms with Gasteiger partial charge >= 0.3 is 0 Å². The highest BCUT2D eigenvalue weighted by Gasteiger charge is 2.25. The molecule has 7 heteroatoms. The van der Waals surface area contributed by atoms with Crippen LogP contribution in [0.3, 0.4) is 0 Å². The van der Waals surface area contributed by atoms with E-state index in [0.29, 0.717) is 13.1 Å². The van der Waals surface area contributed by atoms with Gasteiger partial charge in [-0.2, -0.15) is 0 Å². The van der Waals surface area contributed by atoms with Gasteiger partial charge in [0.05, 0.1) is 11.4 Å². The van der Waals surface area contributed by atoms with Crippen LogP contribution in [0.4, 0.5) is 4.39 Å². The van der Waals surface area contributed by atoms with E-state index in [2.05, 4.69) is 24.1 Å². The number of pyridine rings is 1. The number of halogens is 1. The highest BCUT2D eigenvalue weighted by molar-refractivity contribution is 5.82. The van der Waals surface area contributed by atoms with Gasteiger partial charge in [-0.3, -0.25) is 9.78 Å². The number of amides is 1. The van der Waals surface area contributed by atoms with E-state index in [0.717, 1.165) is 41.4 Å². The first-order valence-electron chi connectivity index (χ1n) is 10.3. The average molecular weight is 407 g/mol. The summed E-state index contributed by atoms with van der Waals surface area (Å²) in [6.07, 6.45) is 3.46. The lowest BCUT2D eigenvalue weighted by atomic mass is 10.1. The minimum absolute atomic E-state index is 0.0803. The van der Waals surface area contributed by atoms with Crippen molar-refractivity contribution in [2.45, 2.75) is 26.3 Å². The number of benzene rings is 1. The average Bonchev–Trinajstić information content (AvgIpc) is 3.15. The molecular weight excluding hydrogens is 381 g/mol. The Balaban J connectivity index is 1.84. The van der Waals surface area contributed by atoms with Crippen LogP contribution in [-0.4, -0.2) is 51.5 Å². The highest BCUT2D eigenvalue weighted by atomic mass is 19.1. The Morgan fingerprint density at radius 2 is 1.73 bits per heavy atom. The molecular formula is C23H26FN5O. The minimum atomic E-state index is -0.290. The molecule has 1 amide bonds. The van der Waals surface area contributed by atoms with Crippen LogP contribution in [-0.2, 0) is 11.3 Å². The second kappa shape index (κ2) is 8.75. The number of rotatable bonds is 5. The third kappa shape index (κ3) is 4.11. The molecule has 0 saturated carbocycles. The molecule has 1 N–H and O–H groups in total. The number of hydrogen-bond acceptors (Lipinski definition) is 4. The van der Waals surface area contributed by atoms with E-state index >= 15 is 0 Å². The second-order valence-corrected chi connectivity index (χ2v) is 7.78. The Kier molecular flexibility index (Phi) is 5.90. The molecule has 1 aliphatic rings. The van der Waals surface area contributed by atoms with E-state index < -0.39 is 0 Å². The van der Waals surface area contributed by atoms with Gasteiger partial charge in [0.25, 0.3) is 0 Å². The second-order valence-electron chi connectivity index (χ2n) is 7.78. The summed E-state index contributed by atoms with van der Waals surface area (Å²) in [5.74, 6) is 0.749. The standard InChI is InChI=1S/C23H26FN5O/c1-16(2)23-27-21(17-3-5-19(24)6-4-17)22(18-7-9-25-10-8-18)29(23)15-20(30)28-13-11-26-12-14-28/h3-10,16,26H,11-15H2,1-2H3. The van der Waals surface area contributed by atoms with Gasteiger partial charge in [0, 0.05) is 55.6 Å². The van der Waals surface area contributed by atoms with Crippen LogP contribution < -0.4 is 5.32 Å². The van der Waals surface area contributed by atoms with E-state index in [4.69, 9.17) is 4.98 Å². The zero-order valence-electron chi connectivity index (χ0n) is 17.3.